The third-order valence-electron chi connectivity index (χ3n) is 3.74. The minimum Gasteiger partial charge on any atom is -0.383 e. The average molecular weight is 279 g/mol. The molecule has 1 aromatic rings. The van der Waals surface area contributed by atoms with E-state index >= 15 is 0 Å². The molecule has 0 aliphatic carbocycles. The van der Waals surface area contributed by atoms with Crippen LogP contribution in [0.1, 0.15) is 19.3 Å². The Morgan fingerprint density at radius 2 is 2.20 bits per heavy atom. The van der Waals surface area contributed by atoms with Gasteiger partial charge in [0.1, 0.15) is 11.6 Å². The largest absolute Gasteiger partial charge is 0.383 e. The highest BCUT2D eigenvalue weighted by molar-refractivity contribution is 5.52. The van der Waals surface area contributed by atoms with Gasteiger partial charge in [0.2, 0.25) is 0 Å². The van der Waals surface area contributed by atoms with Crippen molar-refractivity contribution < 1.29 is 4.92 Å². The van der Waals surface area contributed by atoms with Crippen molar-refractivity contribution >= 4 is 17.3 Å². The topological polar surface area (TPSA) is 97.3 Å². The number of nitrogens with zero attached hydrogens (tertiary/aromatic N) is 3. The zero-order chi connectivity index (χ0) is 14.5. The van der Waals surface area contributed by atoms with Crippen LogP contribution in [0.5, 0.6) is 0 Å². The normalized spacial score (nSPS) is 17.1. The number of nitro groups is 1. The molecule has 3 N–H and O–H groups in total. The SMILES string of the molecule is CN1CCC(CCNc2cc([N+](=O)[O-])cc(N)n2)CC1. The first-order valence-electron chi connectivity index (χ1n) is 6.89. The van der Waals surface area contributed by atoms with Gasteiger partial charge in [0.25, 0.3) is 5.69 Å². The lowest BCUT2D eigenvalue weighted by atomic mass is 9.94. The van der Waals surface area contributed by atoms with Crippen LogP contribution in [0.3, 0.4) is 0 Å². The van der Waals surface area contributed by atoms with Crippen molar-refractivity contribution in [3.8, 4) is 0 Å². The molecule has 1 aromatic heterocycles. The van der Waals surface area contributed by atoms with E-state index in [0.717, 1.165) is 32.0 Å². The lowest BCUT2D eigenvalue weighted by Gasteiger charge is -2.28. The maximum atomic E-state index is 10.7. The summed E-state index contributed by atoms with van der Waals surface area (Å²) in [4.78, 5) is 16.7. The average Bonchev–Trinajstić information content (AvgIpc) is 2.40. The second kappa shape index (κ2) is 6.51. The van der Waals surface area contributed by atoms with Crippen molar-refractivity contribution in [1.29, 1.82) is 0 Å². The van der Waals surface area contributed by atoms with Gasteiger partial charge in [-0.05, 0) is 45.3 Å². The molecule has 2 rings (SSSR count). The quantitative estimate of drug-likeness (QED) is 0.629. The third-order valence-corrected chi connectivity index (χ3v) is 3.74. The van der Waals surface area contributed by atoms with Gasteiger partial charge in [0, 0.05) is 6.54 Å². The number of rotatable bonds is 5. The molecular formula is C13H21N5O2. The Hall–Kier alpha value is -1.89. The summed E-state index contributed by atoms with van der Waals surface area (Å²) in [6.07, 6.45) is 3.48. The van der Waals surface area contributed by atoms with E-state index in [-0.39, 0.29) is 11.5 Å². The molecular weight excluding hydrogens is 258 g/mol. The molecule has 0 bridgehead atoms. The van der Waals surface area contributed by atoms with Crippen LogP contribution >= 0.6 is 0 Å². The fraction of sp³-hybridized carbons (Fsp3) is 0.615. The first-order chi connectivity index (χ1) is 9.54. The molecule has 0 saturated carbocycles. The summed E-state index contributed by atoms with van der Waals surface area (Å²) in [6.45, 7) is 3.06. The van der Waals surface area contributed by atoms with Crippen LogP contribution in [0.4, 0.5) is 17.3 Å². The van der Waals surface area contributed by atoms with Gasteiger partial charge >= 0.3 is 0 Å². The van der Waals surface area contributed by atoms with Crippen molar-refractivity contribution in [3.63, 3.8) is 0 Å². The Kier molecular flexibility index (Phi) is 4.73. The molecule has 110 valence electrons. The molecule has 1 aliphatic heterocycles. The van der Waals surface area contributed by atoms with Gasteiger partial charge in [-0.2, -0.15) is 0 Å². The van der Waals surface area contributed by atoms with Crippen molar-refractivity contribution in [2.24, 2.45) is 5.92 Å². The molecule has 0 amide bonds. The number of nitrogen functional groups attached to an aromatic ring is 1. The summed E-state index contributed by atoms with van der Waals surface area (Å²) in [6, 6.07) is 2.69. The first-order valence-corrected chi connectivity index (χ1v) is 6.89. The van der Waals surface area contributed by atoms with Crippen LogP contribution in [-0.4, -0.2) is 41.5 Å². The highest BCUT2D eigenvalue weighted by atomic mass is 16.6. The second-order valence-electron chi connectivity index (χ2n) is 5.35. The first kappa shape index (κ1) is 14.5. The van der Waals surface area contributed by atoms with E-state index in [0.29, 0.717) is 5.82 Å². The van der Waals surface area contributed by atoms with Crippen molar-refractivity contribution in [2.75, 3.05) is 37.7 Å². The van der Waals surface area contributed by atoms with Gasteiger partial charge in [-0.25, -0.2) is 4.98 Å². The summed E-state index contributed by atoms with van der Waals surface area (Å²) in [5.41, 5.74) is 5.54. The van der Waals surface area contributed by atoms with E-state index in [9.17, 15) is 10.1 Å². The number of nitrogens with two attached hydrogens (primary N) is 1. The number of hydrogen-bond donors (Lipinski definition) is 2. The number of nitrogens with one attached hydrogen (secondary N) is 1. The Labute approximate surface area is 118 Å². The molecule has 0 aromatic carbocycles. The zero-order valence-corrected chi connectivity index (χ0v) is 11.7. The van der Waals surface area contributed by atoms with E-state index in [1.807, 2.05) is 0 Å². The van der Waals surface area contributed by atoms with Crippen LogP contribution in [-0.2, 0) is 0 Å². The summed E-state index contributed by atoms with van der Waals surface area (Å²) < 4.78 is 0. The molecule has 0 unspecified atom stereocenters. The summed E-state index contributed by atoms with van der Waals surface area (Å²) in [5, 5.41) is 13.9. The molecule has 7 nitrogen and oxygen atoms in total. The zero-order valence-electron chi connectivity index (χ0n) is 11.7. The van der Waals surface area contributed by atoms with E-state index in [1.165, 1.54) is 25.0 Å². The van der Waals surface area contributed by atoms with E-state index in [4.69, 9.17) is 5.73 Å². The lowest BCUT2D eigenvalue weighted by molar-refractivity contribution is -0.384. The number of pyridine rings is 1. The number of likely N-dealkylation sites (tertiary alicyclic amines) is 1. The summed E-state index contributed by atoms with van der Waals surface area (Å²) in [7, 11) is 2.14. The molecule has 0 atom stereocenters. The molecule has 0 spiro atoms. The van der Waals surface area contributed by atoms with E-state index in [1.54, 1.807) is 0 Å². The Balaban J connectivity index is 1.83. The fourth-order valence-electron chi connectivity index (χ4n) is 2.49. The van der Waals surface area contributed by atoms with Gasteiger partial charge in [-0.3, -0.25) is 10.1 Å². The number of hydrogen-bond acceptors (Lipinski definition) is 6. The fourth-order valence-corrected chi connectivity index (χ4v) is 2.49. The van der Waals surface area contributed by atoms with E-state index < -0.39 is 4.92 Å². The highest BCUT2D eigenvalue weighted by Gasteiger charge is 2.16. The number of aromatic nitrogens is 1. The van der Waals surface area contributed by atoms with Crippen LogP contribution in [0.25, 0.3) is 0 Å². The van der Waals surface area contributed by atoms with Gasteiger partial charge in [-0.15, -0.1) is 0 Å². The highest BCUT2D eigenvalue weighted by Crippen LogP contribution is 2.21. The number of piperidine rings is 1. The Morgan fingerprint density at radius 3 is 2.85 bits per heavy atom. The maximum Gasteiger partial charge on any atom is 0.276 e. The van der Waals surface area contributed by atoms with Crippen molar-refractivity contribution in [3.05, 3.63) is 22.2 Å². The molecule has 1 fully saturated rings. The standard InChI is InChI=1S/C13H21N5O2/c1-17-6-3-10(4-7-17)2-5-15-13-9-11(18(19)20)8-12(14)16-13/h8-10H,2-7H2,1H3,(H3,14,15,16). The smallest absolute Gasteiger partial charge is 0.276 e. The number of anilines is 2. The Morgan fingerprint density at radius 1 is 1.50 bits per heavy atom. The summed E-state index contributed by atoms with van der Waals surface area (Å²) in [5.74, 6) is 1.36. The molecule has 20 heavy (non-hydrogen) atoms. The van der Waals surface area contributed by atoms with Gasteiger partial charge < -0.3 is 16.0 Å². The lowest BCUT2D eigenvalue weighted by Crippen LogP contribution is -2.30. The van der Waals surface area contributed by atoms with Crippen molar-refractivity contribution in [1.82, 2.24) is 9.88 Å². The minimum atomic E-state index is -0.458. The minimum absolute atomic E-state index is 0.0284. The maximum absolute atomic E-state index is 10.7. The molecule has 2 heterocycles. The predicted octanol–water partition coefficient (Wildman–Crippen LogP) is 1.72. The van der Waals surface area contributed by atoms with Gasteiger partial charge in [0.15, 0.2) is 0 Å². The van der Waals surface area contributed by atoms with Crippen molar-refractivity contribution in [2.45, 2.75) is 19.3 Å². The third kappa shape index (κ3) is 4.06. The molecule has 7 heteroatoms. The van der Waals surface area contributed by atoms with Crippen LogP contribution in [0.15, 0.2) is 12.1 Å². The second-order valence-corrected chi connectivity index (χ2v) is 5.35. The monoisotopic (exact) mass is 279 g/mol. The van der Waals surface area contributed by atoms with Crippen LogP contribution in [0.2, 0.25) is 0 Å². The summed E-state index contributed by atoms with van der Waals surface area (Å²) >= 11 is 0. The molecule has 0 radical (unpaired) electrons. The molecule has 1 saturated heterocycles. The van der Waals surface area contributed by atoms with Gasteiger partial charge in [-0.1, -0.05) is 0 Å². The van der Waals surface area contributed by atoms with Gasteiger partial charge in [0.05, 0.1) is 17.1 Å². The van der Waals surface area contributed by atoms with Crippen LogP contribution < -0.4 is 11.1 Å². The van der Waals surface area contributed by atoms with Crippen LogP contribution in [0, 0.1) is 16.0 Å². The predicted molar refractivity (Wildman–Crippen MR) is 78.6 cm³/mol. The Bertz CT molecular complexity index is 472. The van der Waals surface area contributed by atoms with E-state index in [2.05, 4.69) is 22.2 Å². The molecule has 1 aliphatic rings.